The van der Waals surface area contributed by atoms with Crippen LogP contribution < -0.4 is 15.2 Å². The predicted octanol–water partition coefficient (Wildman–Crippen LogP) is 5.80. The van der Waals surface area contributed by atoms with Gasteiger partial charge in [-0.3, -0.25) is 0 Å². The Morgan fingerprint density at radius 1 is 0.700 bits per heavy atom. The van der Waals surface area contributed by atoms with Gasteiger partial charge in [-0.2, -0.15) is 4.98 Å². The highest BCUT2D eigenvalue weighted by atomic mass is 16.5. The Morgan fingerprint density at radius 2 is 1.30 bits per heavy atom. The summed E-state index contributed by atoms with van der Waals surface area (Å²) in [5.74, 6) is 1.01. The molecule has 30 heavy (non-hydrogen) atoms. The van der Waals surface area contributed by atoms with Crippen LogP contribution in [0.3, 0.4) is 0 Å². The first-order valence-corrected chi connectivity index (χ1v) is 9.90. The van der Waals surface area contributed by atoms with Crippen LogP contribution >= 0.6 is 0 Å². The van der Waals surface area contributed by atoms with Crippen molar-refractivity contribution in [2.75, 3.05) is 5.73 Å². The standard InChI is InChI=1S/C26H24N2O2/c1-19-12-13-22(24(27)16-19)23-14-15-25(29-17-20-8-4-2-5-9-20)28-26(23)30-18-21-10-6-3-7-11-21/h2-16H,17-18,27H2,1H3. The molecule has 0 aliphatic carbocycles. The molecule has 0 bridgehead atoms. The highest BCUT2D eigenvalue weighted by molar-refractivity contribution is 5.80. The third-order valence-electron chi connectivity index (χ3n) is 4.78. The monoisotopic (exact) mass is 396 g/mol. The molecular formula is C26H24N2O2. The fourth-order valence-corrected chi connectivity index (χ4v) is 3.20. The van der Waals surface area contributed by atoms with Gasteiger partial charge < -0.3 is 15.2 Å². The van der Waals surface area contributed by atoms with Gasteiger partial charge in [0.2, 0.25) is 11.8 Å². The maximum Gasteiger partial charge on any atom is 0.225 e. The normalized spacial score (nSPS) is 10.6. The molecule has 0 unspecified atom stereocenters. The lowest BCUT2D eigenvalue weighted by Crippen LogP contribution is -2.03. The zero-order valence-corrected chi connectivity index (χ0v) is 16.9. The first kappa shape index (κ1) is 19.5. The molecular weight excluding hydrogens is 372 g/mol. The lowest BCUT2D eigenvalue weighted by molar-refractivity contribution is 0.268. The number of aryl methyl sites for hydroxylation is 1. The summed E-state index contributed by atoms with van der Waals surface area (Å²) in [6, 6.07) is 29.8. The van der Waals surface area contributed by atoms with E-state index >= 15 is 0 Å². The Balaban J connectivity index is 1.62. The van der Waals surface area contributed by atoms with Crippen LogP contribution in [0.4, 0.5) is 5.69 Å². The van der Waals surface area contributed by atoms with Crippen LogP contribution in [0.1, 0.15) is 16.7 Å². The molecule has 4 rings (SSSR count). The number of nitrogens with zero attached hydrogens (tertiary/aromatic N) is 1. The number of nitrogen functional groups attached to an aromatic ring is 1. The summed E-state index contributed by atoms with van der Waals surface area (Å²) in [5.41, 5.74) is 12.0. The molecule has 2 N–H and O–H groups in total. The molecule has 0 spiro atoms. The first-order valence-electron chi connectivity index (χ1n) is 9.90. The summed E-state index contributed by atoms with van der Waals surface area (Å²) in [4.78, 5) is 4.64. The number of nitrogens with two attached hydrogens (primary N) is 1. The molecule has 0 saturated carbocycles. The highest BCUT2D eigenvalue weighted by Crippen LogP contribution is 2.35. The summed E-state index contributed by atoms with van der Waals surface area (Å²) in [7, 11) is 0. The fourth-order valence-electron chi connectivity index (χ4n) is 3.20. The van der Waals surface area contributed by atoms with E-state index in [1.54, 1.807) is 0 Å². The van der Waals surface area contributed by atoms with Gasteiger partial charge in [0, 0.05) is 22.9 Å². The Labute approximate surface area is 176 Å². The summed E-state index contributed by atoms with van der Waals surface area (Å²) in [5, 5.41) is 0. The number of benzene rings is 3. The van der Waals surface area contributed by atoms with Crippen molar-refractivity contribution in [1.82, 2.24) is 4.98 Å². The van der Waals surface area contributed by atoms with E-state index in [4.69, 9.17) is 15.2 Å². The molecule has 3 aromatic carbocycles. The van der Waals surface area contributed by atoms with Crippen molar-refractivity contribution in [1.29, 1.82) is 0 Å². The van der Waals surface area contributed by atoms with E-state index in [0.717, 1.165) is 27.8 Å². The molecule has 0 fully saturated rings. The molecule has 150 valence electrons. The topological polar surface area (TPSA) is 57.4 Å². The number of pyridine rings is 1. The van der Waals surface area contributed by atoms with Crippen molar-refractivity contribution in [2.45, 2.75) is 20.1 Å². The first-order chi connectivity index (χ1) is 14.7. The SMILES string of the molecule is Cc1ccc(-c2ccc(OCc3ccccc3)nc2OCc2ccccc2)c(N)c1. The molecule has 4 heteroatoms. The fraction of sp³-hybridized carbons (Fsp3) is 0.115. The molecule has 0 atom stereocenters. The quantitative estimate of drug-likeness (QED) is 0.401. The smallest absolute Gasteiger partial charge is 0.225 e. The van der Waals surface area contributed by atoms with E-state index in [1.165, 1.54) is 0 Å². The second-order valence-corrected chi connectivity index (χ2v) is 7.14. The molecule has 0 aliphatic rings. The van der Waals surface area contributed by atoms with Gasteiger partial charge in [0.15, 0.2) is 0 Å². The molecule has 1 aromatic heterocycles. The van der Waals surface area contributed by atoms with Crippen LogP contribution in [0.2, 0.25) is 0 Å². The third-order valence-corrected chi connectivity index (χ3v) is 4.78. The summed E-state index contributed by atoms with van der Waals surface area (Å²) in [6.45, 7) is 2.87. The Hall–Kier alpha value is -3.79. The third kappa shape index (κ3) is 4.78. The van der Waals surface area contributed by atoms with E-state index in [1.807, 2.05) is 97.9 Å². The second kappa shape index (κ2) is 9.14. The Bertz CT molecular complexity index is 1110. The van der Waals surface area contributed by atoms with Crippen LogP contribution in [0.5, 0.6) is 11.8 Å². The van der Waals surface area contributed by atoms with Gasteiger partial charge in [-0.25, -0.2) is 0 Å². The lowest BCUT2D eigenvalue weighted by Gasteiger charge is -2.15. The number of ether oxygens (including phenoxy) is 2. The zero-order chi connectivity index (χ0) is 20.8. The summed E-state index contributed by atoms with van der Waals surface area (Å²) in [6.07, 6.45) is 0. The van der Waals surface area contributed by atoms with E-state index < -0.39 is 0 Å². The van der Waals surface area contributed by atoms with Gasteiger partial charge in [0.05, 0.1) is 0 Å². The lowest BCUT2D eigenvalue weighted by atomic mass is 10.0. The molecule has 4 aromatic rings. The van der Waals surface area contributed by atoms with Crippen molar-refractivity contribution >= 4 is 5.69 Å². The molecule has 0 amide bonds. The van der Waals surface area contributed by atoms with E-state index in [0.29, 0.717) is 30.7 Å². The van der Waals surface area contributed by atoms with Crippen LogP contribution in [-0.2, 0) is 13.2 Å². The minimum Gasteiger partial charge on any atom is -0.473 e. The van der Waals surface area contributed by atoms with Crippen LogP contribution in [0.15, 0.2) is 91.0 Å². The average Bonchev–Trinajstić information content (AvgIpc) is 2.78. The van der Waals surface area contributed by atoms with E-state index in [9.17, 15) is 0 Å². The number of anilines is 1. The number of aromatic nitrogens is 1. The van der Waals surface area contributed by atoms with Gasteiger partial charge in [-0.05, 0) is 35.7 Å². The highest BCUT2D eigenvalue weighted by Gasteiger charge is 2.13. The Morgan fingerprint density at radius 3 is 1.93 bits per heavy atom. The van der Waals surface area contributed by atoms with Crippen molar-refractivity contribution in [3.8, 4) is 22.9 Å². The number of hydrogen-bond acceptors (Lipinski definition) is 4. The van der Waals surface area contributed by atoms with E-state index in [2.05, 4.69) is 4.98 Å². The maximum atomic E-state index is 6.29. The Kier molecular flexibility index (Phi) is 5.95. The van der Waals surface area contributed by atoms with Gasteiger partial charge in [-0.1, -0.05) is 72.8 Å². The molecule has 0 aliphatic heterocycles. The summed E-state index contributed by atoms with van der Waals surface area (Å²) < 4.78 is 12.0. The molecule has 4 nitrogen and oxygen atoms in total. The second-order valence-electron chi connectivity index (χ2n) is 7.14. The number of hydrogen-bond donors (Lipinski definition) is 1. The minimum atomic E-state index is 0.411. The number of rotatable bonds is 7. The van der Waals surface area contributed by atoms with Crippen LogP contribution in [0.25, 0.3) is 11.1 Å². The summed E-state index contributed by atoms with van der Waals surface area (Å²) >= 11 is 0. The zero-order valence-electron chi connectivity index (χ0n) is 16.9. The van der Waals surface area contributed by atoms with Crippen molar-refractivity contribution < 1.29 is 9.47 Å². The van der Waals surface area contributed by atoms with Gasteiger partial charge >= 0.3 is 0 Å². The average molecular weight is 396 g/mol. The maximum absolute atomic E-state index is 6.29. The predicted molar refractivity (Wildman–Crippen MR) is 120 cm³/mol. The van der Waals surface area contributed by atoms with Crippen molar-refractivity contribution in [2.24, 2.45) is 0 Å². The molecule has 1 heterocycles. The molecule has 0 saturated heterocycles. The van der Waals surface area contributed by atoms with E-state index in [-0.39, 0.29) is 0 Å². The minimum absolute atomic E-state index is 0.411. The van der Waals surface area contributed by atoms with Crippen molar-refractivity contribution in [3.63, 3.8) is 0 Å². The van der Waals surface area contributed by atoms with Gasteiger partial charge in [0.25, 0.3) is 0 Å². The van der Waals surface area contributed by atoms with Gasteiger partial charge in [0.1, 0.15) is 13.2 Å². The largest absolute Gasteiger partial charge is 0.473 e. The van der Waals surface area contributed by atoms with Crippen LogP contribution in [0, 0.1) is 6.92 Å². The van der Waals surface area contributed by atoms with Crippen LogP contribution in [-0.4, -0.2) is 4.98 Å². The molecule has 0 radical (unpaired) electrons. The van der Waals surface area contributed by atoms with Gasteiger partial charge in [-0.15, -0.1) is 0 Å². The van der Waals surface area contributed by atoms with Crippen molar-refractivity contribution in [3.05, 3.63) is 108 Å².